The van der Waals surface area contributed by atoms with E-state index < -0.39 is 10.0 Å². The summed E-state index contributed by atoms with van der Waals surface area (Å²) >= 11 is 0. The lowest BCUT2D eigenvalue weighted by Gasteiger charge is -2.20. The van der Waals surface area contributed by atoms with Crippen molar-refractivity contribution < 1.29 is 13.2 Å². The Morgan fingerprint density at radius 1 is 1.05 bits per heavy atom. The van der Waals surface area contributed by atoms with Crippen LogP contribution in [0.3, 0.4) is 0 Å². The molecule has 5 heteroatoms. The lowest BCUT2D eigenvalue weighted by atomic mass is 10.3. The van der Waals surface area contributed by atoms with Crippen LogP contribution in [0.4, 0.5) is 5.69 Å². The Kier molecular flexibility index (Phi) is 4.29. The average molecular weight is 291 g/mol. The van der Waals surface area contributed by atoms with Crippen LogP contribution in [0.5, 0.6) is 5.75 Å². The zero-order valence-electron chi connectivity index (χ0n) is 11.5. The maximum absolute atomic E-state index is 12.5. The fourth-order valence-corrected chi connectivity index (χ4v) is 3.03. The van der Waals surface area contributed by atoms with E-state index in [1.807, 2.05) is 6.92 Å². The summed E-state index contributed by atoms with van der Waals surface area (Å²) < 4.78 is 31.6. The van der Waals surface area contributed by atoms with Gasteiger partial charge in [0, 0.05) is 13.1 Å². The molecule has 0 N–H and O–H groups in total. The van der Waals surface area contributed by atoms with Crippen molar-refractivity contribution in [2.75, 3.05) is 18.0 Å². The Hall–Kier alpha value is -2.01. The van der Waals surface area contributed by atoms with Crippen molar-refractivity contribution in [3.05, 3.63) is 54.6 Å². The van der Waals surface area contributed by atoms with Crippen LogP contribution in [0.1, 0.15) is 6.92 Å². The van der Waals surface area contributed by atoms with E-state index in [9.17, 15) is 8.42 Å². The lowest BCUT2D eigenvalue weighted by molar-refractivity contribution is 0.340. The summed E-state index contributed by atoms with van der Waals surface area (Å²) in [4.78, 5) is 0.268. The summed E-state index contributed by atoms with van der Waals surface area (Å²) in [7, 11) is -2.01. The molecular formula is C15H17NO3S. The van der Waals surface area contributed by atoms with E-state index >= 15 is 0 Å². The van der Waals surface area contributed by atoms with E-state index in [0.717, 1.165) is 0 Å². The lowest BCUT2D eigenvalue weighted by Crippen LogP contribution is -2.26. The predicted molar refractivity (Wildman–Crippen MR) is 79.6 cm³/mol. The van der Waals surface area contributed by atoms with Gasteiger partial charge in [0.1, 0.15) is 5.75 Å². The molecule has 2 rings (SSSR count). The van der Waals surface area contributed by atoms with Crippen molar-refractivity contribution in [2.24, 2.45) is 0 Å². The highest BCUT2D eigenvalue weighted by Gasteiger charge is 2.21. The minimum atomic E-state index is -3.55. The predicted octanol–water partition coefficient (Wildman–Crippen LogP) is 2.91. The first-order valence-corrected chi connectivity index (χ1v) is 7.76. The van der Waals surface area contributed by atoms with Gasteiger partial charge in [-0.15, -0.1) is 0 Å². The molecule has 0 aromatic heterocycles. The molecule has 0 unspecified atom stereocenters. The van der Waals surface area contributed by atoms with Crippen LogP contribution >= 0.6 is 0 Å². The van der Waals surface area contributed by atoms with Gasteiger partial charge in [-0.05, 0) is 31.2 Å². The molecule has 0 radical (unpaired) electrons. The van der Waals surface area contributed by atoms with Gasteiger partial charge >= 0.3 is 0 Å². The summed E-state index contributed by atoms with van der Waals surface area (Å²) in [5.41, 5.74) is 0.569. The first-order valence-electron chi connectivity index (χ1n) is 6.32. The smallest absolute Gasteiger partial charge is 0.264 e. The van der Waals surface area contributed by atoms with E-state index in [4.69, 9.17) is 4.74 Å². The van der Waals surface area contributed by atoms with Crippen molar-refractivity contribution in [1.29, 1.82) is 0 Å². The number of nitrogens with zero attached hydrogens (tertiary/aromatic N) is 1. The van der Waals surface area contributed by atoms with Crippen molar-refractivity contribution in [1.82, 2.24) is 0 Å². The molecule has 0 aliphatic carbocycles. The molecule has 0 fully saturated rings. The number of hydrogen-bond acceptors (Lipinski definition) is 3. The second-order valence-corrected chi connectivity index (χ2v) is 6.19. The summed E-state index contributed by atoms with van der Waals surface area (Å²) in [5.74, 6) is 0.653. The highest BCUT2D eigenvalue weighted by molar-refractivity contribution is 7.92. The fourth-order valence-electron chi connectivity index (χ4n) is 1.83. The number of rotatable bonds is 5. The Labute approximate surface area is 119 Å². The van der Waals surface area contributed by atoms with Gasteiger partial charge in [-0.25, -0.2) is 8.42 Å². The van der Waals surface area contributed by atoms with E-state index in [2.05, 4.69) is 0 Å². The molecule has 0 amide bonds. The van der Waals surface area contributed by atoms with Gasteiger partial charge in [-0.3, -0.25) is 4.31 Å². The molecule has 20 heavy (non-hydrogen) atoms. The summed E-state index contributed by atoms with van der Waals surface area (Å²) in [6.45, 7) is 2.43. The summed E-state index contributed by atoms with van der Waals surface area (Å²) in [5, 5.41) is 0. The number of benzene rings is 2. The zero-order chi connectivity index (χ0) is 14.6. The minimum absolute atomic E-state index is 0.268. The number of anilines is 1. The summed E-state index contributed by atoms with van der Waals surface area (Å²) in [6.07, 6.45) is 0. The number of hydrogen-bond donors (Lipinski definition) is 0. The van der Waals surface area contributed by atoms with Gasteiger partial charge in [0.2, 0.25) is 0 Å². The molecule has 2 aromatic rings. The van der Waals surface area contributed by atoms with Crippen LogP contribution < -0.4 is 9.04 Å². The second-order valence-electron chi connectivity index (χ2n) is 4.22. The Morgan fingerprint density at radius 2 is 1.75 bits per heavy atom. The van der Waals surface area contributed by atoms with E-state index in [0.29, 0.717) is 18.0 Å². The third kappa shape index (κ3) is 2.93. The topological polar surface area (TPSA) is 46.6 Å². The fraction of sp³-hybridized carbons (Fsp3) is 0.200. The zero-order valence-corrected chi connectivity index (χ0v) is 12.3. The van der Waals surface area contributed by atoms with Crippen LogP contribution in [0.2, 0.25) is 0 Å². The third-order valence-electron chi connectivity index (χ3n) is 2.89. The highest BCUT2D eigenvalue weighted by Crippen LogP contribution is 2.25. The molecule has 0 aliphatic heterocycles. The molecule has 0 saturated heterocycles. The van der Waals surface area contributed by atoms with E-state index in [1.165, 1.54) is 11.4 Å². The minimum Gasteiger partial charge on any atom is -0.494 e. The maximum atomic E-state index is 12.5. The monoisotopic (exact) mass is 291 g/mol. The van der Waals surface area contributed by atoms with Crippen molar-refractivity contribution >= 4 is 15.7 Å². The Morgan fingerprint density at radius 3 is 2.40 bits per heavy atom. The molecule has 0 saturated carbocycles. The van der Waals surface area contributed by atoms with Crippen molar-refractivity contribution in [2.45, 2.75) is 11.8 Å². The van der Waals surface area contributed by atoms with E-state index in [1.54, 1.807) is 54.6 Å². The van der Waals surface area contributed by atoms with Gasteiger partial charge in [0.25, 0.3) is 10.0 Å². The molecule has 0 spiro atoms. The molecule has 0 atom stereocenters. The van der Waals surface area contributed by atoms with Gasteiger partial charge < -0.3 is 4.74 Å². The molecule has 106 valence electrons. The maximum Gasteiger partial charge on any atom is 0.264 e. The van der Waals surface area contributed by atoms with Gasteiger partial charge in [-0.1, -0.05) is 24.3 Å². The normalized spacial score (nSPS) is 11.1. The van der Waals surface area contributed by atoms with Gasteiger partial charge in [0.15, 0.2) is 0 Å². The first kappa shape index (κ1) is 14.4. The Balaban J connectivity index is 2.36. The van der Waals surface area contributed by atoms with Crippen LogP contribution in [0.25, 0.3) is 0 Å². The molecular weight excluding hydrogens is 274 g/mol. The van der Waals surface area contributed by atoms with Crippen molar-refractivity contribution in [3.63, 3.8) is 0 Å². The SMILES string of the molecule is CCOc1cccc(N(C)S(=O)(=O)c2ccccc2)c1. The third-order valence-corrected chi connectivity index (χ3v) is 4.69. The average Bonchev–Trinajstić information content (AvgIpc) is 2.48. The van der Waals surface area contributed by atoms with Crippen LogP contribution in [0, 0.1) is 0 Å². The van der Waals surface area contributed by atoms with Crippen LogP contribution in [-0.4, -0.2) is 22.1 Å². The Bertz CT molecular complexity index is 669. The van der Waals surface area contributed by atoms with Crippen LogP contribution in [0.15, 0.2) is 59.5 Å². The molecule has 0 bridgehead atoms. The quantitative estimate of drug-likeness (QED) is 0.851. The molecule has 4 nitrogen and oxygen atoms in total. The standard InChI is InChI=1S/C15H17NO3S/c1-3-19-14-9-7-8-13(12-14)16(2)20(17,18)15-10-5-4-6-11-15/h4-12H,3H2,1-2H3. The molecule has 0 aliphatic rings. The molecule has 2 aromatic carbocycles. The van der Waals surface area contributed by atoms with Gasteiger partial charge in [-0.2, -0.15) is 0 Å². The second kappa shape index (κ2) is 5.96. The van der Waals surface area contributed by atoms with Crippen LogP contribution in [-0.2, 0) is 10.0 Å². The highest BCUT2D eigenvalue weighted by atomic mass is 32.2. The number of ether oxygens (including phenoxy) is 1. The number of sulfonamides is 1. The van der Waals surface area contributed by atoms with Gasteiger partial charge in [0.05, 0.1) is 17.2 Å². The first-order chi connectivity index (χ1) is 9.55. The molecule has 0 heterocycles. The largest absolute Gasteiger partial charge is 0.494 e. The van der Waals surface area contributed by atoms with Crippen molar-refractivity contribution in [3.8, 4) is 5.75 Å². The van der Waals surface area contributed by atoms with E-state index in [-0.39, 0.29) is 4.90 Å². The summed E-state index contributed by atoms with van der Waals surface area (Å²) in [6, 6.07) is 15.4.